The zero-order chi connectivity index (χ0) is 17.2. The molecule has 4 aromatic rings. The van der Waals surface area contributed by atoms with Crippen molar-refractivity contribution in [3.8, 4) is 0 Å². The number of aryl methyl sites for hydroxylation is 1. The summed E-state index contributed by atoms with van der Waals surface area (Å²) in [6.07, 6.45) is 3.55. The second kappa shape index (κ2) is 6.61. The molecule has 5 heteroatoms. The molecular weight excluding hydrogens is 332 g/mol. The summed E-state index contributed by atoms with van der Waals surface area (Å²) in [6, 6.07) is 15.8. The van der Waals surface area contributed by atoms with E-state index in [2.05, 4.69) is 6.07 Å². The molecule has 3 heterocycles. The third-order valence-corrected chi connectivity index (χ3v) is 5.13. The quantitative estimate of drug-likeness (QED) is 0.524. The Hall–Kier alpha value is -2.79. The highest BCUT2D eigenvalue weighted by Crippen LogP contribution is 2.24. The van der Waals surface area contributed by atoms with Crippen molar-refractivity contribution in [1.82, 2.24) is 9.47 Å². The van der Waals surface area contributed by atoms with Crippen LogP contribution in [0.5, 0.6) is 0 Å². The molecular formula is C20H18N2O2S. The van der Waals surface area contributed by atoms with Gasteiger partial charge in [0.15, 0.2) is 0 Å². The van der Waals surface area contributed by atoms with Gasteiger partial charge in [-0.05, 0) is 29.6 Å². The summed E-state index contributed by atoms with van der Waals surface area (Å²) in [6.45, 7) is 1.02. The van der Waals surface area contributed by atoms with E-state index in [1.807, 2.05) is 70.6 Å². The van der Waals surface area contributed by atoms with Crippen molar-refractivity contribution in [2.45, 2.75) is 13.1 Å². The van der Waals surface area contributed by atoms with Crippen LogP contribution in [0.3, 0.4) is 0 Å². The fraction of sp³-hybridized carbons (Fsp3) is 0.150. The van der Waals surface area contributed by atoms with Gasteiger partial charge < -0.3 is 13.9 Å². The number of furan rings is 1. The Bertz CT molecular complexity index is 948. The van der Waals surface area contributed by atoms with Gasteiger partial charge in [-0.25, -0.2) is 0 Å². The fourth-order valence-electron chi connectivity index (χ4n) is 3.06. The molecule has 0 aliphatic heterocycles. The van der Waals surface area contributed by atoms with E-state index in [1.165, 1.54) is 0 Å². The van der Waals surface area contributed by atoms with Gasteiger partial charge in [0.2, 0.25) is 0 Å². The Morgan fingerprint density at radius 1 is 1.12 bits per heavy atom. The average Bonchev–Trinajstić information content (AvgIpc) is 3.36. The Morgan fingerprint density at radius 2 is 2.00 bits per heavy atom. The molecule has 4 nitrogen and oxygen atoms in total. The van der Waals surface area contributed by atoms with Gasteiger partial charge in [0.1, 0.15) is 5.76 Å². The van der Waals surface area contributed by atoms with Gasteiger partial charge in [-0.1, -0.05) is 24.3 Å². The lowest BCUT2D eigenvalue weighted by atomic mass is 10.1. The molecule has 0 radical (unpaired) electrons. The zero-order valence-electron chi connectivity index (χ0n) is 13.9. The van der Waals surface area contributed by atoms with Crippen LogP contribution in [0.15, 0.2) is 70.8 Å². The van der Waals surface area contributed by atoms with E-state index in [1.54, 1.807) is 17.6 Å². The molecule has 126 valence electrons. The van der Waals surface area contributed by atoms with E-state index in [0.717, 1.165) is 27.1 Å². The van der Waals surface area contributed by atoms with E-state index in [4.69, 9.17) is 4.42 Å². The first-order valence-electron chi connectivity index (χ1n) is 8.10. The topological polar surface area (TPSA) is 38.4 Å². The molecule has 0 bridgehead atoms. The number of hydrogen-bond donors (Lipinski definition) is 0. The van der Waals surface area contributed by atoms with Crippen molar-refractivity contribution in [1.29, 1.82) is 0 Å². The first kappa shape index (κ1) is 15.7. The van der Waals surface area contributed by atoms with Gasteiger partial charge in [-0.3, -0.25) is 4.79 Å². The lowest BCUT2D eigenvalue weighted by Gasteiger charge is -2.21. The number of thiophene rings is 1. The van der Waals surface area contributed by atoms with E-state index >= 15 is 0 Å². The normalized spacial score (nSPS) is 11.1. The number of aromatic nitrogens is 1. The SMILES string of the molecule is Cn1cc(C(=O)N(Cc2ccco2)Cc2cccs2)c2ccccc21. The van der Waals surface area contributed by atoms with Crippen molar-refractivity contribution in [3.05, 3.63) is 82.6 Å². The minimum atomic E-state index is 0.0154. The Kier molecular flexibility index (Phi) is 4.15. The van der Waals surface area contributed by atoms with Crippen molar-refractivity contribution < 1.29 is 9.21 Å². The number of fused-ring (bicyclic) bond motifs is 1. The van der Waals surface area contributed by atoms with Crippen LogP contribution in [0, 0.1) is 0 Å². The van der Waals surface area contributed by atoms with Gasteiger partial charge in [0.05, 0.1) is 24.9 Å². The van der Waals surface area contributed by atoms with Crippen LogP contribution in [0.1, 0.15) is 21.0 Å². The lowest BCUT2D eigenvalue weighted by molar-refractivity contribution is 0.0721. The predicted octanol–water partition coefficient (Wildman–Crippen LogP) is 4.68. The number of hydrogen-bond acceptors (Lipinski definition) is 3. The lowest BCUT2D eigenvalue weighted by Crippen LogP contribution is -2.29. The van der Waals surface area contributed by atoms with Gasteiger partial charge >= 0.3 is 0 Å². The molecule has 0 spiro atoms. The highest BCUT2D eigenvalue weighted by Gasteiger charge is 2.22. The number of carbonyl (C=O) groups is 1. The number of para-hydroxylation sites is 1. The maximum atomic E-state index is 13.3. The monoisotopic (exact) mass is 350 g/mol. The van der Waals surface area contributed by atoms with Crippen molar-refractivity contribution in [2.75, 3.05) is 0 Å². The third-order valence-electron chi connectivity index (χ3n) is 4.27. The summed E-state index contributed by atoms with van der Waals surface area (Å²) >= 11 is 1.66. The molecule has 1 amide bonds. The van der Waals surface area contributed by atoms with Crippen LogP contribution in [0.2, 0.25) is 0 Å². The molecule has 3 aromatic heterocycles. The summed E-state index contributed by atoms with van der Waals surface area (Å²) in [5.41, 5.74) is 1.78. The number of nitrogens with zero attached hydrogens (tertiary/aromatic N) is 2. The summed E-state index contributed by atoms with van der Waals surface area (Å²) < 4.78 is 7.46. The van der Waals surface area contributed by atoms with Crippen LogP contribution in [0.4, 0.5) is 0 Å². The Balaban J connectivity index is 1.70. The minimum Gasteiger partial charge on any atom is -0.467 e. The fourth-order valence-corrected chi connectivity index (χ4v) is 3.78. The van der Waals surface area contributed by atoms with Gasteiger partial charge in [-0.2, -0.15) is 0 Å². The summed E-state index contributed by atoms with van der Waals surface area (Å²) in [5, 5.41) is 3.01. The van der Waals surface area contributed by atoms with E-state index in [0.29, 0.717) is 13.1 Å². The van der Waals surface area contributed by atoms with E-state index < -0.39 is 0 Å². The Labute approximate surface area is 149 Å². The first-order valence-corrected chi connectivity index (χ1v) is 8.98. The van der Waals surface area contributed by atoms with Crippen molar-refractivity contribution >= 4 is 28.1 Å². The highest BCUT2D eigenvalue weighted by molar-refractivity contribution is 7.09. The Morgan fingerprint density at radius 3 is 2.76 bits per heavy atom. The maximum Gasteiger partial charge on any atom is 0.256 e. The molecule has 0 unspecified atom stereocenters. The summed E-state index contributed by atoms with van der Waals surface area (Å²) in [4.78, 5) is 16.3. The van der Waals surface area contributed by atoms with Crippen molar-refractivity contribution in [3.63, 3.8) is 0 Å². The van der Waals surface area contributed by atoms with Crippen LogP contribution in [-0.4, -0.2) is 15.4 Å². The smallest absolute Gasteiger partial charge is 0.256 e. The standard InChI is InChI=1S/C20H18N2O2S/c1-21-14-18(17-8-2-3-9-19(17)21)20(23)22(12-15-6-4-10-24-15)13-16-7-5-11-25-16/h2-11,14H,12-13H2,1H3. The largest absolute Gasteiger partial charge is 0.467 e. The molecule has 0 saturated carbocycles. The van der Waals surface area contributed by atoms with E-state index in [-0.39, 0.29) is 5.91 Å². The van der Waals surface area contributed by atoms with Crippen LogP contribution in [-0.2, 0) is 20.1 Å². The predicted molar refractivity (Wildman–Crippen MR) is 99.5 cm³/mol. The number of rotatable bonds is 5. The first-order chi connectivity index (χ1) is 12.2. The van der Waals surface area contributed by atoms with Crippen LogP contribution < -0.4 is 0 Å². The minimum absolute atomic E-state index is 0.0154. The maximum absolute atomic E-state index is 13.3. The van der Waals surface area contributed by atoms with Crippen LogP contribution >= 0.6 is 11.3 Å². The number of carbonyl (C=O) groups excluding carboxylic acids is 1. The van der Waals surface area contributed by atoms with Crippen molar-refractivity contribution in [2.24, 2.45) is 7.05 Å². The zero-order valence-corrected chi connectivity index (χ0v) is 14.7. The second-order valence-corrected chi connectivity index (χ2v) is 7.02. The van der Waals surface area contributed by atoms with E-state index in [9.17, 15) is 4.79 Å². The number of amides is 1. The molecule has 25 heavy (non-hydrogen) atoms. The van der Waals surface area contributed by atoms with Gasteiger partial charge in [0.25, 0.3) is 5.91 Å². The number of benzene rings is 1. The molecule has 0 atom stereocenters. The molecule has 1 aromatic carbocycles. The molecule has 4 rings (SSSR count). The highest BCUT2D eigenvalue weighted by atomic mass is 32.1. The second-order valence-electron chi connectivity index (χ2n) is 5.99. The average molecular weight is 350 g/mol. The van der Waals surface area contributed by atoms with Crippen LogP contribution in [0.25, 0.3) is 10.9 Å². The molecule has 0 N–H and O–H groups in total. The third kappa shape index (κ3) is 3.10. The van der Waals surface area contributed by atoms with Gasteiger partial charge in [-0.15, -0.1) is 11.3 Å². The summed E-state index contributed by atoms with van der Waals surface area (Å²) in [7, 11) is 1.97. The van der Waals surface area contributed by atoms with Gasteiger partial charge in [0, 0.05) is 29.0 Å². The summed E-state index contributed by atoms with van der Waals surface area (Å²) in [5.74, 6) is 0.798. The molecule has 0 aliphatic carbocycles. The molecule has 0 aliphatic rings. The molecule has 0 saturated heterocycles. The molecule has 0 fully saturated rings.